The second kappa shape index (κ2) is 12.1. The number of halogens is 2. The molecule has 1 aliphatic carbocycles. The molecule has 0 radical (unpaired) electrons. The quantitative estimate of drug-likeness (QED) is 0.229. The Morgan fingerprint density at radius 1 is 1.10 bits per heavy atom. The number of aromatic hydroxyl groups is 1. The summed E-state index contributed by atoms with van der Waals surface area (Å²) >= 11 is 0. The number of nitrogens with one attached hydrogen (secondary N) is 1. The van der Waals surface area contributed by atoms with Gasteiger partial charge in [0.25, 0.3) is 0 Å². The van der Waals surface area contributed by atoms with Gasteiger partial charge in [-0.25, -0.2) is 8.78 Å². The van der Waals surface area contributed by atoms with Crippen molar-refractivity contribution in [2.45, 2.75) is 56.7 Å². The fourth-order valence-corrected chi connectivity index (χ4v) is 8.32. The minimum absolute atomic E-state index is 0.0117. The van der Waals surface area contributed by atoms with Crippen LogP contribution in [0.3, 0.4) is 0 Å². The van der Waals surface area contributed by atoms with Crippen molar-refractivity contribution in [2.75, 3.05) is 58.3 Å². The summed E-state index contributed by atoms with van der Waals surface area (Å²) in [4.78, 5) is 16.5. The maximum atomic E-state index is 16.9. The molecule has 4 aliphatic rings. The van der Waals surface area contributed by atoms with E-state index in [4.69, 9.17) is 16.1 Å². The number of piperazine rings is 1. The van der Waals surface area contributed by atoms with Gasteiger partial charge in [0, 0.05) is 71.6 Å². The Balaban J connectivity index is 1.20. The predicted octanol–water partition coefficient (Wildman–Crippen LogP) is 5.54. The first-order valence-corrected chi connectivity index (χ1v) is 17.2. The van der Waals surface area contributed by atoms with Crippen LogP contribution >= 0.6 is 0 Å². The van der Waals surface area contributed by atoms with Gasteiger partial charge in [0.1, 0.15) is 22.9 Å². The number of hydrogen-bond donors (Lipinski definition) is 2. The minimum Gasteiger partial charge on any atom is -0.508 e. The maximum Gasteiger partial charge on any atom is 0.319 e. The Hall–Kier alpha value is -4.04. The molecule has 4 fully saturated rings. The number of ether oxygens (including phenoxy) is 1. The highest BCUT2D eigenvalue weighted by molar-refractivity contribution is 6.04. The third-order valence-corrected chi connectivity index (χ3v) is 10.8. The average molecular weight is 653 g/mol. The van der Waals surface area contributed by atoms with Gasteiger partial charge in [0.05, 0.1) is 12.2 Å². The van der Waals surface area contributed by atoms with Crippen LogP contribution in [-0.4, -0.2) is 96.4 Å². The van der Waals surface area contributed by atoms with E-state index >= 15 is 8.78 Å². The van der Waals surface area contributed by atoms with Crippen molar-refractivity contribution in [3.8, 4) is 35.2 Å². The van der Waals surface area contributed by atoms with Crippen LogP contribution in [0.4, 0.5) is 14.6 Å². The first kappa shape index (κ1) is 31.2. The van der Waals surface area contributed by atoms with Crippen LogP contribution in [0.2, 0.25) is 0 Å². The lowest BCUT2D eigenvalue weighted by atomic mass is 9.93. The fraction of sp³-hybridized carbons (Fsp3) is 0.474. The monoisotopic (exact) mass is 652 g/mol. The fourth-order valence-electron chi connectivity index (χ4n) is 8.32. The summed E-state index contributed by atoms with van der Waals surface area (Å²) < 4.78 is 39.6. The number of rotatable bonds is 9. The van der Waals surface area contributed by atoms with E-state index in [0.717, 1.165) is 45.3 Å². The normalized spacial score (nSPS) is 23.3. The van der Waals surface area contributed by atoms with Crippen LogP contribution in [-0.2, 0) is 0 Å². The van der Waals surface area contributed by atoms with Gasteiger partial charge in [-0.15, -0.1) is 6.42 Å². The Bertz CT molecular complexity index is 1930. The van der Waals surface area contributed by atoms with Crippen LogP contribution in [0.15, 0.2) is 36.4 Å². The lowest BCUT2D eigenvalue weighted by Crippen LogP contribution is -2.51. The van der Waals surface area contributed by atoms with Crippen molar-refractivity contribution >= 4 is 27.5 Å². The zero-order valence-corrected chi connectivity index (χ0v) is 27.6. The summed E-state index contributed by atoms with van der Waals surface area (Å²) in [5.41, 5.74) is 0.364. The van der Waals surface area contributed by atoms with Crippen LogP contribution in [0.1, 0.15) is 44.1 Å². The Morgan fingerprint density at radius 3 is 2.62 bits per heavy atom. The van der Waals surface area contributed by atoms with E-state index < -0.39 is 11.6 Å². The number of aromatic nitrogens is 2. The van der Waals surface area contributed by atoms with E-state index in [1.54, 1.807) is 24.3 Å². The molecule has 250 valence electrons. The van der Waals surface area contributed by atoms with E-state index in [0.29, 0.717) is 65.4 Å². The van der Waals surface area contributed by atoms with Crippen molar-refractivity contribution in [1.29, 1.82) is 0 Å². The second-order valence-corrected chi connectivity index (χ2v) is 14.7. The number of phenolic OH excluding ortho intramolecular Hbond substituents is 1. The van der Waals surface area contributed by atoms with Crippen LogP contribution in [0.5, 0.6) is 11.8 Å². The highest BCUT2D eigenvalue weighted by Crippen LogP contribution is 2.48. The molecule has 3 aliphatic heterocycles. The number of likely N-dealkylation sites (N-methyl/N-ethyl adjacent to an activating group) is 1. The molecule has 2 unspecified atom stereocenters. The highest BCUT2D eigenvalue weighted by atomic mass is 19.1. The molecular weight excluding hydrogens is 610 g/mol. The summed E-state index contributed by atoms with van der Waals surface area (Å²) in [6, 6.07) is 10.7. The number of likely N-dealkylation sites (tertiary alicyclic amines) is 1. The first-order valence-electron chi connectivity index (χ1n) is 17.2. The summed E-state index contributed by atoms with van der Waals surface area (Å²) in [5.74, 6) is 1.40. The molecule has 0 spiro atoms. The lowest BCUT2D eigenvalue weighted by molar-refractivity contribution is 0.133. The van der Waals surface area contributed by atoms with Gasteiger partial charge < -0.3 is 25.0 Å². The molecule has 2 bridgehead atoms. The standard InChI is InChI=1S/C38H42F2N6O2/c1-4-23-7-5-8-24-15-28(47)16-29(32(23)24)33-31(39)17-30-35(34(33)40)42-37(43-36(30)46-18-25-10-11-26(19-46)41-25)48-22-38(12-13-38)21-45-14-6-9-27(45)20-44(2)3/h1,5,7-8,15-17,25-27,41,47H,6,9-14,18-22H2,2-3H3/t25?,26?,27-/m1/s1. The van der Waals surface area contributed by atoms with E-state index in [-0.39, 0.29) is 33.8 Å². The van der Waals surface area contributed by atoms with Crippen LogP contribution in [0.25, 0.3) is 32.8 Å². The van der Waals surface area contributed by atoms with E-state index in [1.165, 1.54) is 25.0 Å². The summed E-state index contributed by atoms with van der Waals surface area (Å²) in [5, 5.41) is 15.6. The second-order valence-electron chi connectivity index (χ2n) is 14.7. The number of nitrogens with zero attached hydrogens (tertiary/aromatic N) is 5. The number of fused-ring (bicyclic) bond motifs is 4. The van der Waals surface area contributed by atoms with Crippen molar-refractivity contribution in [2.24, 2.45) is 5.41 Å². The number of benzene rings is 3. The van der Waals surface area contributed by atoms with Crippen LogP contribution in [0, 0.1) is 29.4 Å². The van der Waals surface area contributed by atoms with Gasteiger partial charge in [-0.3, -0.25) is 4.90 Å². The van der Waals surface area contributed by atoms with Crippen molar-refractivity contribution in [3.63, 3.8) is 0 Å². The Labute approximate surface area is 280 Å². The zero-order valence-electron chi connectivity index (χ0n) is 27.6. The molecule has 0 amide bonds. The third kappa shape index (κ3) is 5.72. The van der Waals surface area contributed by atoms with E-state index in [2.05, 4.69) is 45.0 Å². The highest BCUT2D eigenvalue weighted by Gasteiger charge is 2.47. The molecular formula is C38H42F2N6O2. The first-order chi connectivity index (χ1) is 23.2. The van der Waals surface area contributed by atoms with Gasteiger partial charge in [-0.05, 0) is 88.8 Å². The SMILES string of the molecule is C#Cc1cccc2cc(O)cc(-c3c(F)cc4c(N5CC6CCC(C5)N6)nc(OCC5(CN6CCC[C@@H]6CN(C)C)CC5)nc4c3F)c12. The van der Waals surface area contributed by atoms with Crippen LogP contribution < -0.4 is 15.0 Å². The summed E-state index contributed by atoms with van der Waals surface area (Å²) in [6.07, 6.45) is 12.4. The molecule has 3 aromatic carbocycles. The number of terminal acetylenes is 1. The maximum absolute atomic E-state index is 16.9. The number of hydrogen-bond acceptors (Lipinski definition) is 8. The lowest BCUT2D eigenvalue weighted by Gasteiger charge is -2.34. The molecule has 1 aromatic heterocycles. The molecule has 4 heterocycles. The molecule has 1 saturated carbocycles. The average Bonchev–Trinajstić information content (AvgIpc) is 3.57. The van der Waals surface area contributed by atoms with Crippen molar-refractivity contribution in [1.82, 2.24) is 25.1 Å². The smallest absolute Gasteiger partial charge is 0.319 e. The van der Waals surface area contributed by atoms with Gasteiger partial charge in [-0.1, -0.05) is 18.1 Å². The zero-order chi connectivity index (χ0) is 33.2. The molecule has 8 nitrogen and oxygen atoms in total. The van der Waals surface area contributed by atoms with Crippen molar-refractivity contribution < 1.29 is 18.6 Å². The Kier molecular flexibility index (Phi) is 7.90. The van der Waals surface area contributed by atoms with E-state index in [9.17, 15) is 5.11 Å². The molecule has 48 heavy (non-hydrogen) atoms. The van der Waals surface area contributed by atoms with Gasteiger partial charge >= 0.3 is 6.01 Å². The molecule has 3 atom stereocenters. The molecule has 3 saturated heterocycles. The van der Waals surface area contributed by atoms with E-state index in [1.807, 2.05) is 0 Å². The third-order valence-electron chi connectivity index (χ3n) is 10.8. The predicted molar refractivity (Wildman–Crippen MR) is 184 cm³/mol. The van der Waals surface area contributed by atoms with Gasteiger partial charge in [0.2, 0.25) is 0 Å². The molecule has 2 N–H and O–H groups in total. The molecule has 4 aromatic rings. The van der Waals surface area contributed by atoms with Gasteiger partial charge in [-0.2, -0.15) is 9.97 Å². The Morgan fingerprint density at radius 2 is 1.90 bits per heavy atom. The number of phenols is 1. The minimum atomic E-state index is -0.833. The summed E-state index contributed by atoms with van der Waals surface area (Å²) in [6.45, 7) is 4.89. The topological polar surface area (TPSA) is 77.0 Å². The summed E-state index contributed by atoms with van der Waals surface area (Å²) in [7, 11) is 4.25. The molecule has 8 rings (SSSR count). The molecule has 10 heteroatoms. The largest absolute Gasteiger partial charge is 0.508 e. The van der Waals surface area contributed by atoms with Gasteiger partial charge in [0.15, 0.2) is 5.82 Å². The number of anilines is 1. The van der Waals surface area contributed by atoms with Crippen molar-refractivity contribution in [3.05, 3.63) is 53.6 Å².